The Labute approximate surface area is 389 Å². The number of nitro benzene ring substituents is 1. The van der Waals surface area contributed by atoms with E-state index in [-0.39, 0.29) is 22.6 Å². The van der Waals surface area contributed by atoms with Crippen molar-refractivity contribution in [1.29, 1.82) is 0 Å². The maximum absolute atomic E-state index is 14.2. The van der Waals surface area contributed by atoms with E-state index < -0.39 is 37.0 Å². The van der Waals surface area contributed by atoms with Crippen LogP contribution >= 0.6 is 11.6 Å². The van der Waals surface area contributed by atoms with Crippen LogP contribution in [0.1, 0.15) is 88.1 Å². The van der Waals surface area contributed by atoms with Gasteiger partial charge >= 0.3 is 0 Å². The summed E-state index contributed by atoms with van der Waals surface area (Å²) in [6, 6.07) is 20.9. The standard InChI is InChI=1S/C49H56ClN9O6S/c1-4-49(61)18-13-32(14-19-49)29-52-41-12-10-38(27-45(41)59(62)63)66(64,65)55-47(60)39-11-9-37(26-43(39)58-44-25-34-16-20-51-46(34)54-42(44)30-53-58)57-23-21-56(22-24-57)31-35-15-17-48(2,3)28-40(35)33-5-7-36(50)8-6-33/h5-12,16,20,25-27,30,32,52,61H,4,13-15,17-19,21-24,28-29,31H2,1-3H3,(H,51,54)(H,55,60)/t32-,49+. The molecule has 1 saturated carbocycles. The summed E-state index contributed by atoms with van der Waals surface area (Å²) < 4.78 is 31.6. The highest BCUT2D eigenvalue weighted by atomic mass is 35.5. The van der Waals surface area contributed by atoms with Crippen LogP contribution in [0.5, 0.6) is 0 Å². The Morgan fingerprint density at radius 3 is 2.48 bits per heavy atom. The Bertz CT molecular complexity index is 2950. The number of amides is 1. The van der Waals surface area contributed by atoms with E-state index in [9.17, 15) is 28.4 Å². The fraction of sp³-hybridized carbons (Fsp3) is 0.408. The molecule has 3 aromatic carbocycles. The van der Waals surface area contributed by atoms with Crippen LogP contribution in [0.3, 0.4) is 0 Å². The van der Waals surface area contributed by atoms with E-state index in [0.29, 0.717) is 48.2 Å². The maximum atomic E-state index is 14.2. The Balaban J connectivity index is 0.959. The van der Waals surface area contributed by atoms with Crippen molar-refractivity contribution in [3.63, 3.8) is 0 Å². The lowest BCUT2D eigenvalue weighted by Crippen LogP contribution is -2.47. The number of piperazine rings is 1. The first-order valence-electron chi connectivity index (χ1n) is 22.8. The lowest BCUT2D eigenvalue weighted by Gasteiger charge is -2.39. The van der Waals surface area contributed by atoms with E-state index >= 15 is 0 Å². The van der Waals surface area contributed by atoms with Crippen LogP contribution in [0.15, 0.2) is 95.7 Å². The van der Waals surface area contributed by atoms with Gasteiger partial charge in [0.15, 0.2) is 0 Å². The number of hydrogen-bond acceptors (Lipinski definition) is 11. The minimum absolute atomic E-state index is 0.0391. The van der Waals surface area contributed by atoms with Crippen LogP contribution in [-0.4, -0.2) is 93.9 Å². The van der Waals surface area contributed by atoms with E-state index in [0.717, 1.165) is 87.0 Å². The molecule has 0 unspecified atom stereocenters. The molecular weight excluding hydrogens is 878 g/mol. The number of sulfonamides is 1. The number of aromatic nitrogens is 4. The van der Waals surface area contributed by atoms with Gasteiger partial charge in [-0.25, -0.2) is 22.8 Å². The fourth-order valence-corrected chi connectivity index (χ4v) is 11.0. The highest BCUT2D eigenvalue weighted by molar-refractivity contribution is 7.90. The lowest BCUT2D eigenvalue weighted by atomic mass is 9.72. The third kappa shape index (κ3) is 9.55. The number of rotatable bonds is 13. The summed E-state index contributed by atoms with van der Waals surface area (Å²) in [5, 5.41) is 32.2. The molecule has 2 fully saturated rings. The van der Waals surface area contributed by atoms with E-state index in [1.54, 1.807) is 23.1 Å². The third-order valence-electron chi connectivity index (χ3n) is 14.0. The summed E-state index contributed by atoms with van der Waals surface area (Å²) in [6.45, 7) is 11.1. The second-order valence-corrected chi connectivity index (χ2v) is 21.2. The summed E-state index contributed by atoms with van der Waals surface area (Å²) in [5.74, 6) is -0.719. The van der Waals surface area contributed by atoms with Crippen molar-refractivity contribution in [2.45, 2.75) is 82.6 Å². The molecule has 9 rings (SSSR count). The van der Waals surface area contributed by atoms with Gasteiger partial charge in [0.25, 0.3) is 21.6 Å². The number of fused-ring (bicyclic) bond motifs is 2. The van der Waals surface area contributed by atoms with Gasteiger partial charge in [-0.15, -0.1) is 0 Å². The molecular formula is C49H56ClN9O6S. The molecule has 4 N–H and O–H groups in total. The summed E-state index contributed by atoms with van der Waals surface area (Å²) in [5.41, 5.74) is 6.52. The molecule has 3 aliphatic rings. The van der Waals surface area contributed by atoms with Gasteiger partial charge in [-0.05, 0) is 128 Å². The van der Waals surface area contributed by atoms with Crippen molar-refractivity contribution in [3.8, 4) is 5.69 Å². The SMILES string of the molecule is CC[C@]1(O)CC[C@@H](CNc2ccc(S(=O)(=O)NC(=O)c3ccc(N4CCN(CC5=C(c6ccc(Cl)cc6)CC(C)(C)CC5)CC4)cc3-n3ncc4nc5[nH]ccc5cc43)cc2[N+](=O)[O-])CC1. The van der Waals surface area contributed by atoms with Gasteiger partial charge in [0.1, 0.15) is 16.9 Å². The lowest BCUT2D eigenvalue weighted by molar-refractivity contribution is -0.384. The Hall–Kier alpha value is -5.81. The first-order valence-corrected chi connectivity index (χ1v) is 24.7. The average molecular weight is 935 g/mol. The molecule has 15 nitrogen and oxygen atoms in total. The predicted octanol–water partition coefficient (Wildman–Crippen LogP) is 9.11. The molecule has 0 bridgehead atoms. The van der Waals surface area contributed by atoms with Crippen LogP contribution in [0.2, 0.25) is 5.02 Å². The quantitative estimate of drug-likeness (QED) is 0.0638. The minimum atomic E-state index is -4.59. The highest BCUT2D eigenvalue weighted by Gasteiger charge is 2.33. The summed E-state index contributed by atoms with van der Waals surface area (Å²) in [6.07, 6.45) is 10.1. The number of nitro groups is 1. The summed E-state index contributed by atoms with van der Waals surface area (Å²) in [7, 11) is -4.59. The zero-order valence-corrected chi connectivity index (χ0v) is 39.1. The number of allylic oxidation sites excluding steroid dienone is 1. The third-order valence-corrected chi connectivity index (χ3v) is 15.6. The number of pyridine rings is 1. The van der Waals surface area contributed by atoms with E-state index in [2.05, 4.69) is 55.9 Å². The van der Waals surface area contributed by atoms with Crippen molar-refractivity contribution in [3.05, 3.63) is 117 Å². The van der Waals surface area contributed by atoms with Gasteiger partial charge in [-0.3, -0.25) is 19.8 Å². The number of nitrogens with one attached hydrogen (secondary N) is 3. The van der Waals surface area contributed by atoms with Gasteiger partial charge in [0.2, 0.25) is 0 Å². The van der Waals surface area contributed by atoms with Crippen molar-refractivity contribution in [2.24, 2.45) is 11.3 Å². The Kier molecular flexibility index (Phi) is 12.4. The molecule has 3 aromatic heterocycles. The van der Waals surface area contributed by atoms with Crippen molar-refractivity contribution >= 4 is 72.2 Å². The topological polar surface area (TPSA) is 192 Å². The number of carbonyl (C=O) groups is 1. The number of aliphatic hydroxyl groups is 1. The number of anilines is 2. The molecule has 0 radical (unpaired) electrons. The smallest absolute Gasteiger partial charge is 0.293 e. The minimum Gasteiger partial charge on any atom is -0.390 e. The zero-order valence-electron chi connectivity index (χ0n) is 37.5. The zero-order chi connectivity index (χ0) is 46.4. The van der Waals surface area contributed by atoms with E-state index in [1.165, 1.54) is 28.8 Å². The van der Waals surface area contributed by atoms with Gasteiger partial charge < -0.3 is 20.3 Å². The summed E-state index contributed by atoms with van der Waals surface area (Å²) >= 11 is 6.26. The molecule has 1 saturated heterocycles. The van der Waals surface area contributed by atoms with Crippen LogP contribution in [-0.2, 0) is 10.0 Å². The summed E-state index contributed by atoms with van der Waals surface area (Å²) in [4.78, 5) is 38.0. The average Bonchev–Trinajstić information content (AvgIpc) is 3.95. The number of benzene rings is 3. The second kappa shape index (κ2) is 18.1. The molecule has 4 heterocycles. The van der Waals surface area contributed by atoms with Crippen molar-refractivity contribution in [2.75, 3.05) is 49.5 Å². The number of carbonyl (C=O) groups excluding carboxylic acids is 1. The van der Waals surface area contributed by atoms with Crippen LogP contribution in [0, 0.1) is 21.4 Å². The largest absolute Gasteiger partial charge is 0.390 e. The number of halogens is 1. The van der Waals surface area contributed by atoms with Crippen LogP contribution in [0.4, 0.5) is 17.1 Å². The maximum Gasteiger partial charge on any atom is 0.293 e. The van der Waals surface area contributed by atoms with Crippen molar-refractivity contribution in [1.82, 2.24) is 29.4 Å². The van der Waals surface area contributed by atoms with Gasteiger partial charge in [-0.2, -0.15) is 5.10 Å². The number of aromatic amines is 1. The Morgan fingerprint density at radius 1 is 1.00 bits per heavy atom. The van der Waals surface area contributed by atoms with Crippen LogP contribution in [0.25, 0.3) is 33.3 Å². The molecule has 1 aliphatic heterocycles. The normalized spacial score (nSPS) is 20.5. The Morgan fingerprint density at radius 2 is 1.76 bits per heavy atom. The fourth-order valence-electron chi connectivity index (χ4n) is 9.84. The number of hydrogen-bond donors (Lipinski definition) is 4. The van der Waals surface area contributed by atoms with Crippen LogP contribution < -0.4 is 14.9 Å². The predicted molar refractivity (Wildman–Crippen MR) is 259 cm³/mol. The molecule has 17 heteroatoms. The van der Waals surface area contributed by atoms with E-state index in [4.69, 9.17) is 16.6 Å². The molecule has 6 aromatic rings. The molecule has 66 heavy (non-hydrogen) atoms. The van der Waals surface area contributed by atoms with Gasteiger partial charge in [0, 0.05) is 67.6 Å². The highest BCUT2D eigenvalue weighted by Crippen LogP contribution is 2.44. The number of H-pyrrole nitrogens is 1. The molecule has 2 aliphatic carbocycles. The van der Waals surface area contributed by atoms with Gasteiger partial charge in [-0.1, -0.05) is 50.1 Å². The first kappa shape index (κ1) is 45.4. The molecule has 0 atom stereocenters. The van der Waals surface area contributed by atoms with Gasteiger partial charge in [0.05, 0.1) is 38.4 Å². The second-order valence-electron chi connectivity index (χ2n) is 19.0. The molecule has 1 amide bonds. The number of nitrogens with zero attached hydrogens (tertiary/aromatic N) is 6. The van der Waals surface area contributed by atoms with E-state index in [1.807, 2.05) is 43.3 Å². The molecule has 0 spiro atoms. The first-order chi connectivity index (χ1) is 31.6. The monoisotopic (exact) mass is 933 g/mol. The van der Waals surface area contributed by atoms with Crippen molar-refractivity contribution < 1.29 is 23.2 Å². The molecule has 346 valence electrons.